The molecular formula is C22H18N2O7. The lowest BCUT2D eigenvalue weighted by molar-refractivity contribution is -0.117. The second kappa shape index (κ2) is 7.60. The predicted octanol–water partition coefficient (Wildman–Crippen LogP) is 3.45. The largest absolute Gasteiger partial charge is 0.503 e. The van der Waals surface area contributed by atoms with Crippen molar-refractivity contribution in [3.05, 3.63) is 82.2 Å². The minimum atomic E-state index is -1.01. The second-order valence-electron chi connectivity index (χ2n) is 6.99. The summed E-state index contributed by atoms with van der Waals surface area (Å²) in [6.07, 6.45) is 0. The Morgan fingerprint density at radius 1 is 1.10 bits per heavy atom. The maximum Gasteiger partial charge on any atom is 0.337 e. The summed E-state index contributed by atoms with van der Waals surface area (Å²) >= 11 is 0. The number of aromatic nitrogens is 1. The molecule has 3 heterocycles. The number of anilines is 1. The minimum Gasteiger partial charge on any atom is -0.503 e. The number of carbonyl (C=O) groups is 3. The molecule has 4 rings (SSSR count). The fourth-order valence-corrected chi connectivity index (χ4v) is 3.46. The smallest absolute Gasteiger partial charge is 0.337 e. The van der Waals surface area contributed by atoms with E-state index in [1.54, 1.807) is 32.0 Å². The van der Waals surface area contributed by atoms with E-state index < -0.39 is 29.5 Å². The SMILES string of the molecule is COC(=O)c1ccc([C@H]2C(C(=O)c3ccc(C)o3)=C(O)C(=O)N2c2cc(C)on2)cc1. The third-order valence-electron chi connectivity index (χ3n) is 4.93. The van der Waals surface area contributed by atoms with Crippen LogP contribution in [0, 0.1) is 13.8 Å². The Kier molecular flexibility index (Phi) is 4.94. The second-order valence-corrected chi connectivity index (χ2v) is 6.99. The number of furan rings is 1. The van der Waals surface area contributed by atoms with Gasteiger partial charge in [-0.2, -0.15) is 0 Å². The molecule has 1 amide bonds. The zero-order valence-corrected chi connectivity index (χ0v) is 16.9. The van der Waals surface area contributed by atoms with Gasteiger partial charge in [0.15, 0.2) is 17.3 Å². The third-order valence-corrected chi connectivity index (χ3v) is 4.93. The molecule has 9 nitrogen and oxygen atoms in total. The summed E-state index contributed by atoms with van der Waals surface area (Å²) in [4.78, 5) is 39.1. The first-order chi connectivity index (χ1) is 14.8. The van der Waals surface area contributed by atoms with Gasteiger partial charge in [0, 0.05) is 6.07 Å². The van der Waals surface area contributed by atoms with Gasteiger partial charge in [0.1, 0.15) is 11.5 Å². The van der Waals surface area contributed by atoms with Gasteiger partial charge in [-0.25, -0.2) is 4.79 Å². The third kappa shape index (κ3) is 3.39. The standard InChI is InChI=1S/C22H18N2O7/c1-11-4-9-15(30-11)19(25)17-18(13-5-7-14(8-6-13)22(28)29-3)24(21(27)20(17)26)16-10-12(2)31-23-16/h4-10,18,26H,1-3H3/t18-/m0/s1. The summed E-state index contributed by atoms with van der Waals surface area (Å²) in [6, 6.07) is 9.75. The van der Waals surface area contributed by atoms with E-state index in [4.69, 9.17) is 13.7 Å². The summed E-state index contributed by atoms with van der Waals surface area (Å²) in [7, 11) is 1.27. The van der Waals surface area contributed by atoms with E-state index in [1.807, 2.05) is 0 Å². The zero-order chi connectivity index (χ0) is 22.3. The lowest BCUT2D eigenvalue weighted by atomic mass is 9.94. The van der Waals surface area contributed by atoms with Crippen LogP contribution in [0.5, 0.6) is 0 Å². The van der Waals surface area contributed by atoms with E-state index >= 15 is 0 Å². The zero-order valence-electron chi connectivity index (χ0n) is 16.9. The van der Waals surface area contributed by atoms with Crippen LogP contribution in [-0.2, 0) is 9.53 Å². The molecule has 2 aromatic heterocycles. The van der Waals surface area contributed by atoms with Gasteiger partial charge in [0.25, 0.3) is 5.91 Å². The first kappa shape index (κ1) is 20.1. The van der Waals surface area contributed by atoms with Crippen LogP contribution in [0.25, 0.3) is 0 Å². The lowest BCUT2D eigenvalue weighted by Gasteiger charge is -2.24. The fraction of sp³-hybridized carbons (Fsp3) is 0.182. The number of hydrogen-bond acceptors (Lipinski definition) is 8. The minimum absolute atomic E-state index is 0.0128. The van der Waals surface area contributed by atoms with E-state index in [2.05, 4.69) is 5.16 Å². The van der Waals surface area contributed by atoms with Gasteiger partial charge in [0.2, 0.25) is 5.78 Å². The van der Waals surface area contributed by atoms with E-state index in [1.165, 1.54) is 36.3 Å². The van der Waals surface area contributed by atoms with Crippen molar-refractivity contribution in [3.63, 3.8) is 0 Å². The maximum absolute atomic E-state index is 13.2. The molecule has 0 saturated heterocycles. The van der Waals surface area contributed by atoms with Gasteiger partial charge < -0.3 is 18.8 Å². The normalized spacial score (nSPS) is 16.2. The molecule has 1 aromatic carbocycles. The van der Waals surface area contributed by atoms with Crippen LogP contribution < -0.4 is 4.90 Å². The molecule has 0 fully saturated rings. The highest BCUT2D eigenvalue weighted by molar-refractivity contribution is 6.20. The molecule has 0 bridgehead atoms. The van der Waals surface area contributed by atoms with Crippen LogP contribution in [0.15, 0.2) is 62.7 Å². The number of methoxy groups -OCH3 is 1. The number of ketones is 1. The maximum atomic E-state index is 13.2. The number of Topliss-reactive ketones (excluding diaryl/α,β-unsaturated/α-hetero) is 1. The molecule has 9 heteroatoms. The highest BCUT2D eigenvalue weighted by atomic mass is 16.5. The Morgan fingerprint density at radius 2 is 1.81 bits per heavy atom. The first-order valence-electron chi connectivity index (χ1n) is 9.31. The number of benzene rings is 1. The van der Waals surface area contributed by atoms with Crippen molar-refractivity contribution in [2.75, 3.05) is 12.0 Å². The summed E-state index contributed by atoms with van der Waals surface area (Å²) < 4.78 is 15.2. The van der Waals surface area contributed by atoms with Crippen LogP contribution >= 0.6 is 0 Å². The first-order valence-corrected chi connectivity index (χ1v) is 9.31. The Morgan fingerprint density at radius 3 is 2.35 bits per heavy atom. The molecule has 158 valence electrons. The molecule has 0 unspecified atom stereocenters. The number of aryl methyl sites for hydroxylation is 2. The molecule has 31 heavy (non-hydrogen) atoms. The number of ether oxygens (including phenoxy) is 1. The van der Waals surface area contributed by atoms with Crippen LogP contribution in [0.3, 0.4) is 0 Å². The van der Waals surface area contributed by atoms with Crippen molar-refractivity contribution < 1.29 is 33.2 Å². The van der Waals surface area contributed by atoms with Gasteiger partial charge in [-0.1, -0.05) is 17.3 Å². The highest BCUT2D eigenvalue weighted by Crippen LogP contribution is 2.41. The van der Waals surface area contributed by atoms with Crippen molar-refractivity contribution in [3.8, 4) is 0 Å². The molecule has 1 N–H and O–H groups in total. The molecule has 0 aliphatic carbocycles. The van der Waals surface area contributed by atoms with Gasteiger partial charge in [-0.3, -0.25) is 14.5 Å². The summed E-state index contributed by atoms with van der Waals surface area (Å²) in [5, 5.41) is 14.5. The van der Waals surface area contributed by atoms with Crippen molar-refractivity contribution in [1.29, 1.82) is 0 Å². The van der Waals surface area contributed by atoms with Crippen LogP contribution in [0.1, 0.15) is 44.0 Å². The number of amides is 1. The van der Waals surface area contributed by atoms with Crippen LogP contribution in [0.4, 0.5) is 5.82 Å². The van der Waals surface area contributed by atoms with Gasteiger partial charge in [-0.05, 0) is 43.7 Å². The van der Waals surface area contributed by atoms with Gasteiger partial charge >= 0.3 is 5.97 Å². The topological polar surface area (TPSA) is 123 Å². The average molecular weight is 422 g/mol. The van der Waals surface area contributed by atoms with Crippen molar-refractivity contribution in [1.82, 2.24) is 5.16 Å². The summed E-state index contributed by atoms with van der Waals surface area (Å²) in [5.41, 5.74) is 0.602. The Balaban J connectivity index is 1.84. The van der Waals surface area contributed by atoms with Crippen LogP contribution in [0.2, 0.25) is 0 Å². The highest BCUT2D eigenvalue weighted by Gasteiger charge is 2.46. The molecular weight excluding hydrogens is 404 g/mol. The van der Waals surface area contributed by atoms with Gasteiger partial charge in [-0.15, -0.1) is 0 Å². The number of hydrogen-bond donors (Lipinski definition) is 1. The van der Waals surface area contributed by atoms with Crippen LogP contribution in [-0.4, -0.2) is 35.0 Å². The fourth-order valence-electron chi connectivity index (χ4n) is 3.46. The molecule has 0 spiro atoms. The number of aliphatic hydroxyl groups excluding tert-OH is 1. The van der Waals surface area contributed by atoms with E-state index in [0.29, 0.717) is 22.6 Å². The van der Waals surface area contributed by atoms with E-state index in [9.17, 15) is 19.5 Å². The Bertz CT molecular complexity index is 1220. The number of rotatable bonds is 5. The quantitative estimate of drug-likeness (QED) is 0.490. The predicted molar refractivity (Wildman–Crippen MR) is 107 cm³/mol. The molecule has 1 aliphatic rings. The Labute approximate surface area is 176 Å². The van der Waals surface area contributed by atoms with E-state index in [-0.39, 0.29) is 17.2 Å². The average Bonchev–Trinajstić information content (AvgIpc) is 3.46. The molecule has 0 saturated carbocycles. The summed E-state index contributed by atoms with van der Waals surface area (Å²) in [5.74, 6) is -1.60. The van der Waals surface area contributed by atoms with Crippen molar-refractivity contribution >= 4 is 23.5 Å². The van der Waals surface area contributed by atoms with Gasteiger partial charge in [0.05, 0.1) is 24.3 Å². The molecule has 0 radical (unpaired) electrons. The number of nitrogens with zero attached hydrogens (tertiary/aromatic N) is 2. The van der Waals surface area contributed by atoms with Crippen molar-refractivity contribution in [2.45, 2.75) is 19.9 Å². The summed E-state index contributed by atoms with van der Waals surface area (Å²) in [6.45, 7) is 3.33. The Hall–Kier alpha value is -4.14. The number of aliphatic hydroxyl groups is 1. The lowest BCUT2D eigenvalue weighted by Crippen LogP contribution is -2.31. The molecule has 3 aromatic rings. The number of esters is 1. The monoisotopic (exact) mass is 422 g/mol. The molecule has 1 atom stereocenters. The van der Waals surface area contributed by atoms with Crippen molar-refractivity contribution in [2.24, 2.45) is 0 Å². The van der Waals surface area contributed by atoms with E-state index in [0.717, 1.165) is 0 Å². The molecule has 1 aliphatic heterocycles. The number of carbonyl (C=O) groups excluding carboxylic acids is 3.